The molecule has 0 radical (unpaired) electrons. The molecule has 3 aromatic rings. The van der Waals surface area contributed by atoms with Crippen LogP contribution < -0.4 is 10.6 Å². The maximum atomic E-state index is 13.0. The van der Waals surface area contributed by atoms with Gasteiger partial charge in [-0.25, -0.2) is 4.79 Å². The van der Waals surface area contributed by atoms with Crippen molar-refractivity contribution in [1.29, 1.82) is 0 Å². The fraction of sp³-hybridized carbons (Fsp3) is 0.600. The maximum Gasteiger partial charge on any atom is 0.407 e. The van der Waals surface area contributed by atoms with E-state index in [0.717, 1.165) is 32.1 Å². The Morgan fingerprint density at radius 2 is 1.50 bits per heavy atom. The van der Waals surface area contributed by atoms with Crippen molar-refractivity contribution in [1.82, 2.24) is 10.6 Å². The number of Topliss-reactive ketones (excluding diaryl/α,β-unsaturated/α-hetero) is 1. The Labute approximate surface area is 386 Å². The number of fused-ring (bicyclic) bond motifs is 3. The smallest absolute Gasteiger partial charge is 0.407 e. The number of rotatable bonds is 26. The predicted molar refractivity (Wildman–Crippen MR) is 248 cm³/mol. The molecule has 1 saturated heterocycles. The van der Waals surface area contributed by atoms with Gasteiger partial charge >= 0.3 is 6.09 Å². The van der Waals surface area contributed by atoms with Crippen molar-refractivity contribution in [3.63, 3.8) is 0 Å². The molecule has 66 heavy (non-hydrogen) atoms. The first-order valence-corrected chi connectivity index (χ1v) is 23.8. The molecule has 16 heteroatoms. The van der Waals surface area contributed by atoms with Crippen molar-refractivity contribution in [3.8, 4) is 23.0 Å². The zero-order valence-corrected chi connectivity index (χ0v) is 38.4. The molecule has 1 heterocycles. The second-order valence-electron chi connectivity index (χ2n) is 17.8. The Morgan fingerprint density at radius 1 is 0.848 bits per heavy atom. The van der Waals surface area contributed by atoms with Gasteiger partial charge in [0, 0.05) is 59.7 Å². The fourth-order valence-electron chi connectivity index (χ4n) is 9.17. The van der Waals surface area contributed by atoms with Gasteiger partial charge in [0.2, 0.25) is 5.91 Å². The van der Waals surface area contributed by atoms with Gasteiger partial charge in [-0.3, -0.25) is 14.4 Å². The van der Waals surface area contributed by atoms with Gasteiger partial charge in [-0.1, -0.05) is 95.1 Å². The third-order valence-electron chi connectivity index (χ3n) is 12.9. The lowest BCUT2D eigenvalue weighted by molar-refractivity contribution is -0.249. The minimum absolute atomic E-state index is 0.00252. The number of carbonyl (C=O) groups excluding carboxylic acids is 4. The number of aliphatic hydroxyl groups is 3. The van der Waals surface area contributed by atoms with Crippen molar-refractivity contribution >= 4 is 45.6 Å². The monoisotopic (exact) mass is 922 g/mol. The first kappa shape index (κ1) is 52.0. The van der Waals surface area contributed by atoms with E-state index in [1.807, 2.05) is 0 Å². The average molecular weight is 923 g/mol. The summed E-state index contributed by atoms with van der Waals surface area (Å²) in [6.07, 6.45) is 15.3. The number of nitrogens with one attached hydrogen (secondary N) is 2. The van der Waals surface area contributed by atoms with E-state index >= 15 is 0 Å². The third-order valence-corrected chi connectivity index (χ3v) is 12.9. The van der Waals surface area contributed by atoms with Gasteiger partial charge in [0.05, 0.1) is 35.6 Å². The summed E-state index contributed by atoms with van der Waals surface area (Å²) in [5.41, 5.74) is -2.73. The number of ether oxygens (including phenoxy) is 3. The van der Waals surface area contributed by atoms with E-state index in [0.29, 0.717) is 12.9 Å². The number of phenols is 4. The molecule has 6 atom stereocenters. The van der Waals surface area contributed by atoms with Crippen molar-refractivity contribution in [3.05, 3.63) is 47.0 Å². The number of aliphatic hydroxyl groups excluding tert-OH is 2. The first-order chi connectivity index (χ1) is 31.8. The molecule has 16 nitrogen and oxygen atoms in total. The molecule has 1 fully saturated rings. The second-order valence-corrected chi connectivity index (χ2v) is 17.8. The topological polar surface area (TPSA) is 262 Å². The highest BCUT2D eigenvalue weighted by molar-refractivity contribution is 6.18. The van der Waals surface area contributed by atoms with Crippen molar-refractivity contribution in [2.45, 2.75) is 172 Å². The van der Waals surface area contributed by atoms with Crippen LogP contribution in [0.5, 0.6) is 23.0 Å². The first-order valence-electron chi connectivity index (χ1n) is 23.8. The summed E-state index contributed by atoms with van der Waals surface area (Å²) in [7, 11) is 0. The van der Waals surface area contributed by atoms with E-state index in [1.54, 1.807) is 6.92 Å². The number of aldehydes is 1. The lowest BCUT2D eigenvalue weighted by atomic mass is 9.74. The van der Waals surface area contributed by atoms with Crippen LogP contribution in [0.4, 0.5) is 4.79 Å². The molecule has 1 aliphatic carbocycles. The molecular formula is C50H70N2O14. The Hall–Kier alpha value is -5.00. The highest BCUT2D eigenvalue weighted by Crippen LogP contribution is 2.56. The number of hydrogen-bond donors (Lipinski definition) is 9. The minimum atomic E-state index is -2.33. The van der Waals surface area contributed by atoms with Crippen LogP contribution in [0.1, 0.15) is 157 Å². The molecule has 0 aromatic heterocycles. The Balaban J connectivity index is 1.09. The van der Waals surface area contributed by atoms with Crippen molar-refractivity contribution in [2.75, 3.05) is 19.8 Å². The van der Waals surface area contributed by atoms with Crippen LogP contribution >= 0.6 is 0 Å². The summed E-state index contributed by atoms with van der Waals surface area (Å²) in [5.74, 6) is -4.05. The highest BCUT2D eigenvalue weighted by Gasteiger charge is 2.48. The SMILES string of the molecule is CCCCCCCCC=CCCCCCCCCOC(=O)NCCCC(=O)N[C@H]1C[C@H](O[C@H]2C[C@](O)(C(=O)CO)Cc3c2c(O)c2c(O)c4c(C=O)cccc4c(O)c2c3O)O[C@@H](C)[C@H]1O. The minimum Gasteiger partial charge on any atom is -0.507 e. The molecule has 2 aliphatic rings. The number of ketones is 1. The predicted octanol–water partition coefficient (Wildman–Crippen LogP) is 7.45. The van der Waals surface area contributed by atoms with E-state index in [-0.39, 0.29) is 53.3 Å². The lowest BCUT2D eigenvalue weighted by Crippen LogP contribution is -2.55. The number of amides is 2. The van der Waals surface area contributed by atoms with E-state index in [9.17, 15) is 54.9 Å². The van der Waals surface area contributed by atoms with Gasteiger partial charge in [-0.2, -0.15) is 0 Å². The molecule has 1 aliphatic heterocycles. The Kier molecular flexibility index (Phi) is 19.9. The standard InChI is InChI=1S/C50H70N2O14/c1-3-4-5-6-7-8-9-10-11-12-13-14-15-16-17-18-25-64-49(62)51-24-20-23-38(56)52-35-26-39(65-31(2)44(35)57)66-36-28-50(63,37(55)30-54)27-34-41(36)48(61)43-42(46(34)59)45(58)33-22-19-21-32(29-53)40(33)47(43)60/h10-11,19,21-22,29,31,35-36,39,44,54,57-61,63H,3-9,12-18,20,23-28,30H2,1-2H3,(H,51,62)(H,52,56)/t31-,35-,36-,39-,44+,50-/m0/s1. The van der Waals surface area contributed by atoms with Crippen LogP contribution in [0.15, 0.2) is 30.4 Å². The van der Waals surface area contributed by atoms with Gasteiger partial charge in [-0.15, -0.1) is 0 Å². The van der Waals surface area contributed by atoms with Crippen LogP contribution in [0.3, 0.4) is 0 Å². The maximum absolute atomic E-state index is 13.0. The van der Waals surface area contributed by atoms with E-state index in [1.165, 1.54) is 76.0 Å². The summed E-state index contributed by atoms with van der Waals surface area (Å²) in [6, 6.07) is 3.33. The van der Waals surface area contributed by atoms with Crippen LogP contribution in [0, 0.1) is 0 Å². The second kappa shape index (κ2) is 25.2. The normalized spacial score (nSPS) is 21.8. The summed E-state index contributed by atoms with van der Waals surface area (Å²) in [4.78, 5) is 50.1. The molecule has 5 rings (SSSR count). The molecule has 3 aromatic carbocycles. The zero-order valence-electron chi connectivity index (χ0n) is 38.4. The van der Waals surface area contributed by atoms with Gasteiger partial charge in [0.15, 0.2) is 18.4 Å². The van der Waals surface area contributed by atoms with Gasteiger partial charge in [-0.05, 0) is 45.4 Å². The van der Waals surface area contributed by atoms with Crippen LogP contribution in [0.25, 0.3) is 21.5 Å². The quantitative estimate of drug-likeness (QED) is 0.0125. The van der Waals surface area contributed by atoms with Gasteiger partial charge < -0.3 is 60.6 Å². The van der Waals surface area contributed by atoms with Crippen LogP contribution in [-0.4, -0.2) is 110 Å². The Morgan fingerprint density at radius 3 is 2.17 bits per heavy atom. The fourth-order valence-corrected chi connectivity index (χ4v) is 9.17. The van der Waals surface area contributed by atoms with Gasteiger partial charge in [0.25, 0.3) is 0 Å². The van der Waals surface area contributed by atoms with E-state index in [4.69, 9.17) is 14.2 Å². The van der Waals surface area contributed by atoms with Gasteiger partial charge in [0.1, 0.15) is 41.3 Å². The number of phenolic OH excluding ortho intramolecular Hbond substituents is 4. The highest BCUT2D eigenvalue weighted by atomic mass is 16.7. The average Bonchev–Trinajstić information content (AvgIpc) is 3.30. The number of hydrogen-bond acceptors (Lipinski definition) is 14. The summed E-state index contributed by atoms with van der Waals surface area (Å²) in [6.45, 7) is 3.20. The lowest BCUT2D eigenvalue weighted by Gasteiger charge is -2.42. The third kappa shape index (κ3) is 13.1. The molecular weight excluding hydrogens is 853 g/mol. The van der Waals surface area contributed by atoms with E-state index < -0.39 is 107 Å². The number of allylic oxidation sites excluding steroid dienone is 2. The van der Waals surface area contributed by atoms with Crippen molar-refractivity contribution < 1.29 is 69.1 Å². The molecule has 2 amide bonds. The summed E-state index contributed by atoms with van der Waals surface area (Å²) < 4.78 is 17.5. The number of carbonyl (C=O) groups is 4. The summed E-state index contributed by atoms with van der Waals surface area (Å²) >= 11 is 0. The Bertz CT molecular complexity index is 2160. The summed E-state index contributed by atoms with van der Waals surface area (Å²) in [5, 5.41) is 83.1. The van der Waals surface area contributed by atoms with Crippen LogP contribution in [0.2, 0.25) is 0 Å². The number of unbranched alkanes of at least 4 members (excludes halogenated alkanes) is 12. The molecule has 0 bridgehead atoms. The number of benzene rings is 3. The molecule has 0 saturated carbocycles. The largest absolute Gasteiger partial charge is 0.507 e. The molecule has 0 unspecified atom stereocenters. The van der Waals surface area contributed by atoms with Crippen molar-refractivity contribution in [2.24, 2.45) is 0 Å². The zero-order chi connectivity index (χ0) is 47.8. The number of alkyl carbamates (subject to hydrolysis) is 1. The van der Waals surface area contributed by atoms with E-state index in [2.05, 4.69) is 29.7 Å². The number of aromatic hydroxyl groups is 4. The molecule has 0 spiro atoms. The molecule has 9 N–H and O–H groups in total. The van der Waals surface area contributed by atoms with Crippen LogP contribution in [-0.2, 0) is 30.2 Å². The molecule has 364 valence electrons.